The third-order valence-corrected chi connectivity index (χ3v) is 2.97. The summed E-state index contributed by atoms with van der Waals surface area (Å²) in [7, 11) is 0. The molecule has 0 aliphatic carbocycles. The normalized spacial score (nSPS) is 11.8. The van der Waals surface area contributed by atoms with E-state index in [1.165, 1.54) is 5.56 Å². The minimum Gasteiger partial charge on any atom is -0.363 e. The first-order chi connectivity index (χ1) is 7.79. The van der Waals surface area contributed by atoms with Gasteiger partial charge in [-0.15, -0.1) is 0 Å². The lowest BCUT2D eigenvalue weighted by molar-refractivity contribution is 0.879. The number of thiophene rings is 1. The van der Waals surface area contributed by atoms with E-state index in [0.29, 0.717) is 5.69 Å². The number of aromatic nitrogens is 1. The Kier molecular flexibility index (Phi) is 3.18. The largest absolute Gasteiger partial charge is 0.363 e. The van der Waals surface area contributed by atoms with Gasteiger partial charge in [-0.3, -0.25) is 0 Å². The molecule has 0 aromatic carbocycles. The van der Waals surface area contributed by atoms with Crippen molar-refractivity contribution in [2.24, 2.45) is 0 Å². The molecule has 1 atom stereocenters. The van der Waals surface area contributed by atoms with E-state index in [9.17, 15) is 0 Å². The fourth-order valence-electron chi connectivity index (χ4n) is 1.40. The van der Waals surface area contributed by atoms with Gasteiger partial charge in [0, 0.05) is 0 Å². The van der Waals surface area contributed by atoms with Gasteiger partial charge in [-0.05, 0) is 41.4 Å². The zero-order valence-corrected chi connectivity index (χ0v) is 9.66. The van der Waals surface area contributed by atoms with Gasteiger partial charge in [0.25, 0.3) is 0 Å². The van der Waals surface area contributed by atoms with Crippen LogP contribution in [-0.4, -0.2) is 4.98 Å². The summed E-state index contributed by atoms with van der Waals surface area (Å²) in [5.74, 6) is 0.734. The second kappa shape index (κ2) is 4.77. The quantitative estimate of drug-likeness (QED) is 0.879. The smallest absolute Gasteiger partial charge is 0.142 e. The monoisotopic (exact) mass is 229 g/mol. The van der Waals surface area contributed by atoms with Crippen LogP contribution in [0.1, 0.15) is 24.2 Å². The number of hydrogen-bond acceptors (Lipinski definition) is 4. The van der Waals surface area contributed by atoms with Gasteiger partial charge in [-0.25, -0.2) is 4.98 Å². The van der Waals surface area contributed by atoms with Gasteiger partial charge >= 0.3 is 0 Å². The minimum absolute atomic E-state index is 0.202. The molecule has 4 heteroatoms. The van der Waals surface area contributed by atoms with E-state index in [-0.39, 0.29) is 6.04 Å². The number of pyridine rings is 1. The second-order valence-corrected chi connectivity index (χ2v) is 4.22. The molecule has 0 saturated heterocycles. The van der Waals surface area contributed by atoms with Crippen LogP contribution in [0.2, 0.25) is 0 Å². The first-order valence-corrected chi connectivity index (χ1v) is 5.89. The zero-order chi connectivity index (χ0) is 11.4. The lowest BCUT2D eigenvalue weighted by Crippen LogP contribution is -2.07. The van der Waals surface area contributed by atoms with Gasteiger partial charge in [0.05, 0.1) is 6.04 Å². The Bertz CT molecular complexity index is 499. The Labute approximate surface area is 98.4 Å². The average molecular weight is 229 g/mol. The molecule has 0 spiro atoms. The Morgan fingerprint density at radius 2 is 2.31 bits per heavy atom. The first kappa shape index (κ1) is 10.7. The lowest BCUT2D eigenvalue weighted by atomic mass is 10.2. The van der Waals surface area contributed by atoms with Crippen molar-refractivity contribution < 1.29 is 0 Å². The molecule has 0 saturated carbocycles. The third-order valence-electron chi connectivity index (χ3n) is 2.27. The molecule has 0 bridgehead atoms. The molecule has 0 aliphatic heterocycles. The van der Waals surface area contributed by atoms with Crippen molar-refractivity contribution in [3.63, 3.8) is 0 Å². The lowest BCUT2D eigenvalue weighted by Gasteiger charge is -2.12. The number of rotatable bonds is 3. The fourth-order valence-corrected chi connectivity index (χ4v) is 2.16. The summed E-state index contributed by atoms with van der Waals surface area (Å²) in [5.41, 5.74) is 1.66. The van der Waals surface area contributed by atoms with E-state index in [1.54, 1.807) is 17.4 Å². The highest BCUT2D eigenvalue weighted by Crippen LogP contribution is 2.19. The highest BCUT2D eigenvalue weighted by atomic mass is 32.1. The number of anilines is 1. The van der Waals surface area contributed by atoms with Crippen molar-refractivity contribution in [2.45, 2.75) is 13.0 Å². The summed E-state index contributed by atoms with van der Waals surface area (Å²) in [6, 6.07) is 9.69. The molecule has 2 aromatic rings. The molecule has 0 radical (unpaired) electrons. The molecule has 2 aromatic heterocycles. The summed E-state index contributed by atoms with van der Waals surface area (Å²) in [5, 5.41) is 16.2. The number of nitriles is 1. The Hall–Kier alpha value is -1.86. The molecule has 0 aliphatic rings. The van der Waals surface area contributed by atoms with E-state index in [0.717, 1.165) is 5.82 Å². The van der Waals surface area contributed by atoms with Crippen LogP contribution >= 0.6 is 11.3 Å². The predicted molar refractivity (Wildman–Crippen MR) is 65.3 cm³/mol. The fraction of sp³-hybridized carbons (Fsp3) is 0.167. The van der Waals surface area contributed by atoms with Gasteiger partial charge in [0.2, 0.25) is 0 Å². The second-order valence-electron chi connectivity index (χ2n) is 3.44. The molecule has 2 rings (SSSR count). The Morgan fingerprint density at radius 1 is 1.44 bits per heavy atom. The maximum absolute atomic E-state index is 8.74. The summed E-state index contributed by atoms with van der Waals surface area (Å²) in [4.78, 5) is 4.17. The molecule has 16 heavy (non-hydrogen) atoms. The summed E-state index contributed by atoms with van der Waals surface area (Å²) >= 11 is 1.67. The van der Waals surface area contributed by atoms with Crippen molar-refractivity contribution in [3.8, 4) is 6.07 Å². The predicted octanol–water partition coefficient (Wildman–Crippen LogP) is 3.19. The van der Waals surface area contributed by atoms with E-state index >= 15 is 0 Å². The van der Waals surface area contributed by atoms with Crippen LogP contribution in [0.25, 0.3) is 0 Å². The van der Waals surface area contributed by atoms with Gasteiger partial charge in [-0.1, -0.05) is 6.07 Å². The van der Waals surface area contributed by atoms with E-state index in [4.69, 9.17) is 5.26 Å². The Balaban J connectivity index is 2.12. The van der Waals surface area contributed by atoms with Crippen molar-refractivity contribution in [3.05, 3.63) is 46.3 Å². The van der Waals surface area contributed by atoms with Gasteiger partial charge < -0.3 is 5.32 Å². The minimum atomic E-state index is 0.202. The highest BCUT2D eigenvalue weighted by molar-refractivity contribution is 7.07. The van der Waals surface area contributed by atoms with Crippen LogP contribution in [0.15, 0.2) is 35.0 Å². The topological polar surface area (TPSA) is 48.7 Å². The number of nitrogens with one attached hydrogen (secondary N) is 1. The molecule has 0 amide bonds. The Morgan fingerprint density at radius 3 is 3.00 bits per heavy atom. The molecule has 1 unspecified atom stereocenters. The molecule has 1 N–H and O–H groups in total. The third kappa shape index (κ3) is 2.38. The molecule has 2 heterocycles. The molecular weight excluding hydrogens is 218 g/mol. The van der Waals surface area contributed by atoms with Crippen molar-refractivity contribution in [1.82, 2.24) is 4.98 Å². The van der Waals surface area contributed by atoms with Crippen molar-refractivity contribution in [2.75, 3.05) is 5.32 Å². The maximum Gasteiger partial charge on any atom is 0.142 e. The van der Waals surface area contributed by atoms with Crippen molar-refractivity contribution in [1.29, 1.82) is 5.26 Å². The summed E-state index contributed by atoms with van der Waals surface area (Å²) in [6.45, 7) is 2.07. The first-order valence-electron chi connectivity index (χ1n) is 4.95. The van der Waals surface area contributed by atoms with Crippen molar-refractivity contribution >= 4 is 17.2 Å². The van der Waals surface area contributed by atoms with E-state index in [2.05, 4.69) is 28.7 Å². The highest BCUT2D eigenvalue weighted by Gasteiger charge is 2.06. The molecule has 80 valence electrons. The number of nitrogens with zero attached hydrogens (tertiary/aromatic N) is 2. The van der Waals surface area contributed by atoms with Gasteiger partial charge in [0.15, 0.2) is 0 Å². The van der Waals surface area contributed by atoms with E-state index < -0.39 is 0 Å². The van der Waals surface area contributed by atoms with Crippen LogP contribution in [0.5, 0.6) is 0 Å². The maximum atomic E-state index is 8.74. The molecular formula is C12H11N3S. The zero-order valence-electron chi connectivity index (χ0n) is 8.84. The summed E-state index contributed by atoms with van der Waals surface area (Å²) in [6.07, 6.45) is 0. The van der Waals surface area contributed by atoms with Crippen LogP contribution < -0.4 is 5.32 Å². The number of hydrogen-bond donors (Lipinski definition) is 1. The van der Waals surface area contributed by atoms with Crippen LogP contribution in [0, 0.1) is 11.3 Å². The van der Waals surface area contributed by atoms with Gasteiger partial charge in [0.1, 0.15) is 17.6 Å². The van der Waals surface area contributed by atoms with Crippen LogP contribution in [-0.2, 0) is 0 Å². The summed E-state index contributed by atoms with van der Waals surface area (Å²) < 4.78 is 0. The SMILES string of the molecule is CC(Nc1cccc(C#N)n1)c1ccsc1. The van der Waals surface area contributed by atoms with E-state index in [1.807, 2.05) is 23.6 Å². The van der Waals surface area contributed by atoms with Crippen LogP contribution in [0.4, 0.5) is 5.82 Å². The molecule has 3 nitrogen and oxygen atoms in total. The average Bonchev–Trinajstić information content (AvgIpc) is 2.83. The standard InChI is InChI=1S/C12H11N3S/c1-9(10-5-6-16-8-10)14-12-4-2-3-11(7-13)15-12/h2-6,8-9H,1H3,(H,14,15). The van der Waals surface area contributed by atoms with Crippen LogP contribution in [0.3, 0.4) is 0 Å². The molecule has 0 fully saturated rings. The van der Waals surface area contributed by atoms with Gasteiger partial charge in [-0.2, -0.15) is 16.6 Å².